The highest BCUT2D eigenvalue weighted by Crippen LogP contribution is 2.25. The van der Waals surface area contributed by atoms with Crippen LogP contribution in [0.15, 0.2) is 22.7 Å². The van der Waals surface area contributed by atoms with Gasteiger partial charge in [-0.1, -0.05) is 45.2 Å². The number of benzene rings is 1. The topological polar surface area (TPSA) is 12.0 Å². The van der Waals surface area contributed by atoms with Crippen LogP contribution >= 0.6 is 15.9 Å². The first kappa shape index (κ1) is 16.6. The maximum Gasteiger partial charge on any atom is 0.137 e. The van der Waals surface area contributed by atoms with Gasteiger partial charge >= 0.3 is 0 Å². The third-order valence-corrected chi connectivity index (χ3v) is 4.75. The number of rotatable bonds is 8. The summed E-state index contributed by atoms with van der Waals surface area (Å²) in [5, 5.41) is 3.41. The van der Waals surface area contributed by atoms with Crippen molar-refractivity contribution in [2.45, 2.75) is 52.0 Å². The van der Waals surface area contributed by atoms with Crippen molar-refractivity contribution in [3.05, 3.63) is 34.1 Å². The van der Waals surface area contributed by atoms with E-state index in [9.17, 15) is 4.39 Å². The number of nitrogens with one attached hydrogen (secondary N) is 1. The molecule has 0 saturated carbocycles. The molecule has 1 aromatic carbocycles. The fourth-order valence-electron chi connectivity index (χ4n) is 2.60. The molecule has 3 heteroatoms. The molecule has 0 aromatic heterocycles. The highest BCUT2D eigenvalue weighted by molar-refractivity contribution is 9.10. The van der Waals surface area contributed by atoms with Crippen LogP contribution in [0.4, 0.5) is 4.39 Å². The standard InChI is InChI=1S/C16H25BrFN/c1-4-6-8-12(5-2)15(19-3)11-13-9-7-10-14(18)16(13)17/h7,9-10,12,15,19H,4-6,8,11H2,1-3H3. The molecule has 0 aliphatic carbocycles. The third kappa shape index (κ3) is 4.88. The summed E-state index contributed by atoms with van der Waals surface area (Å²) < 4.78 is 14.2. The number of hydrogen-bond donors (Lipinski definition) is 1. The Morgan fingerprint density at radius 2 is 2.05 bits per heavy atom. The Kier molecular flexibility index (Phi) is 7.62. The van der Waals surface area contributed by atoms with Crippen LogP contribution in [0.5, 0.6) is 0 Å². The molecule has 0 radical (unpaired) electrons. The fourth-order valence-corrected chi connectivity index (χ4v) is 3.03. The van der Waals surface area contributed by atoms with Gasteiger partial charge in [0.15, 0.2) is 0 Å². The second-order valence-electron chi connectivity index (χ2n) is 5.12. The van der Waals surface area contributed by atoms with Gasteiger partial charge in [0, 0.05) is 6.04 Å². The maximum atomic E-state index is 13.6. The van der Waals surface area contributed by atoms with Crippen LogP contribution < -0.4 is 5.32 Å². The van der Waals surface area contributed by atoms with Crippen LogP contribution in [0.3, 0.4) is 0 Å². The Morgan fingerprint density at radius 1 is 1.32 bits per heavy atom. The summed E-state index contributed by atoms with van der Waals surface area (Å²) in [6, 6.07) is 5.70. The molecule has 0 aliphatic rings. The van der Waals surface area contributed by atoms with Gasteiger partial charge in [-0.3, -0.25) is 0 Å². The highest BCUT2D eigenvalue weighted by Gasteiger charge is 2.19. The third-order valence-electron chi connectivity index (χ3n) is 3.86. The molecule has 0 spiro atoms. The normalized spacial score (nSPS) is 14.4. The lowest BCUT2D eigenvalue weighted by Gasteiger charge is -2.26. The van der Waals surface area contributed by atoms with E-state index in [1.54, 1.807) is 6.07 Å². The summed E-state index contributed by atoms with van der Waals surface area (Å²) >= 11 is 3.36. The summed E-state index contributed by atoms with van der Waals surface area (Å²) in [5.74, 6) is 0.481. The smallest absolute Gasteiger partial charge is 0.137 e. The molecule has 0 heterocycles. The zero-order chi connectivity index (χ0) is 14.3. The van der Waals surface area contributed by atoms with Crippen LogP contribution in [0.1, 0.15) is 45.1 Å². The molecule has 1 N–H and O–H groups in total. The second kappa shape index (κ2) is 8.70. The molecule has 2 atom stereocenters. The van der Waals surface area contributed by atoms with Gasteiger partial charge in [-0.25, -0.2) is 4.39 Å². The van der Waals surface area contributed by atoms with Crippen molar-refractivity contribution in [3.8, 4) is 0 Å². The molecule has 1 nitrogen and oxygen atoms in total. The second-order valence-corrected chi connectivity index (χ2v) is 5.92. The quantitative estimate of drug-likeness (QED) is 0.712. The van der Waals surface area contributed by atoms with E-state index < -0.39 is 0 Å². The Balaban J connectivity index is 2.77. The minimum absolute atomic E-state index is 0.172. The Bertz CT molecular complexity index is 381. The van der Waals surface area contributed by atoms with Gasteiger partial charge in [0.1, 0.15) is 5.82 Å². The highest BCUT2D eigenvalue weighted by atomic mass is 79.9. The lowest BCUT2D eigenvalue weighted by Crippen LogP contribution is -2.35. The molecular weight excluding hydrogens is 305 g/mol. The van der Waals surface area contributed by atoms with E-state index in [1.807, 2.05) is 13.1 Å². The first-order valence-electron chi connectivity index (χ1n) is 7.24. The van der Waals surface area contributed by atoms with Crippen LogP contribution in [-0.2, 0) is 6.42 Å². The Hall–Kier alpha value is -0.410. The zero-order valence-corrected chi connectivity index (χ0v) is 13.8. The average Bonchev–Trinajstić information content (AvgIpc) is 2.42. The predicted octanol–water partition coefficient (Wildman–Crippen LogP) is 4.94. The number of hydrogen-bond acceptors (Lipinski definition) is 1. The largest absolute Gasteiger partial charge is 0.316 e. The SMILES string of the molecule is CCCCC(CC)C(Cc1cccc(F)c1Br)NC. The van der Waals surface area contributed by atoms with Gasteiger partial charge in [0.05, 0.1) is 4.47 Å². The predicted molar refractivity (Wildman–Crippen MR) is 84.0 cm³/mol. The number of likely N-dealkylation sites (N-methyl/N-ethyl adjacent to an activating group) is 1. The van der Waals surface area contributed by atoms with E-state index in [1.165, 1.54) is 31.7 Å². The van der Waals surface area contributed by atoms with E-state index >= 15 is 0 Å². The minimum atomic E-state index is -0.172. The van der Waals surface area contributed by atoms with Gasteiger partial charge in [-0.05, 0) is 53.4 Å². The van der Waals surface area contributed by atoms with Crippen molar-refractivity contribution < 1.29 is 4.39 Å². The molecule has 0 saturated heterocycles. The van der Waals surface area contributed by atoms with Gasteiger partial charge < -0.3 is 5.32 Å². The average molecular weight is 330 g/mol. The van der Waals surface area contributed by atoms with E-state index in [4.69, 9.17) is 0 Å². The first-order valence-corrected chi connectivity index (χ1v) is 8.03. The van der Waals surface area contributed by atoms with Crippen molar-refractivity contribution in [1.82, 2.24) is 5.32 Å². The molecular formula is C16H25BrFN. The van der Waals surface area contributed by atoms with E-state index in [2.05, 4.69) is 35.1 Å². The van der Waals surface area contributed by atoms with Crippen LogP contribution in [0, 0.1) is 11.7 Å². The van der Waals surface area contributed by atoms with Gasteiger partial charge in [0.2, 0.25) is 0 Å². The van der Waals surface area contributed by atoms with E-state index in [0.717, 1.165) is 12.0 Å². The van der Waals surface area contributed by atoms with Crippen LogP contribution in [-0.4, -0.2) is 13.1 Å². The van der Waals surface area contributed by atoms with Crippen LogP contribution in [0.25, 0.3) is 0 Å². The lowest BCUT2D eigenvalue weighted by molar-refractivity contribution is 0.329. The monoisotopic (exact) mass is 329 g/mol. The molecule has 0 aliphatic heterocycles. The van der Waals surface area contributed by atoms with Gasteiger partial charge in [0.25, 0.3) is 0 Å². The lowest BCUT2D eigenvalue weighted by atomic mass is 9.87. The van der Waals surface area contributed by atoms with Crippen molar-refractivity contribution in [2.24, 2.45) is 5.92 Å². The van der Waals surface area contributed by atoms with Crippen molar-refractivity contribution in [2.75, 3.05) is 7.05 Å². The number of unbranched alkanes of at least 4 members (excludes halogenated alkanes) is 1. The molecule has 19 heavy (non-hydrogen) atoms. The minimum Gasteiger partial charge on any atom is -0.316 e. The Labute approximate surface area is 125 Å². The number of halogens is 2. The van der Waals surface area contributed by atoms with E-state index in [-0.39, 0.29) is 5.82 Å². The van der Waals surface area contributed by atoms with E-state index in [0.29, 0.717) is 16.4 Å². The summed E-state index contributed by atoms with van der Waals surface area (Å²) in [6.07, 6.45) is 5.78. The Morgan fingerprint density at radius 3 is 2.63 bits per heavy atom. The van der Waals surface area contributed by atoms with Crippen molar-refractivity contribution >= 4 is 15.9 Å². The summed E-state index contributed by atoms with van der Waals surface area (Å²) in [4.78, 5) is 0. The molecule has 1 aromatic rings. The summed E-state index contributed by atoms with van der Waals surface area (Å²) in [7, 11) is 2.01. The molecule has 1 rings (SSSR count). The van der Waals surface area contributed by atoms with Crippen molar-refractivity contribution in [1.29, 1.82) is 0 Å². The van der Waals surface area contributed by atoms with Gasteiger partial charge in [-0.15, -0.1) is 0 Å². The summed E-state index contributed by atoms with van der Waals surface area (Å²) in [5.41, 5.74) is 1.05. The molecule has 0 fully saturated rings. The molecule has 0 amide bonds. The van der Waals surface area contributed by atoms with Gasteiger partial charge in [-0.2, -0.15) is 0 Å². The summed E-state index contributed by atoms with van der Waals surface area (Å²) in [6.45, 7) is 4.47. The maximum absolute atomic E-state index is 13.6. The molecule has 2 unspecified atom stereocenters. The zero-order valence-electron chi connectivity index (χ0n) is 12.2. The molecule has 108 valence electrons. The molecule has 0 bridgehead atoms. The first-order chi connectivity index (χ1) is 9.13. The fraction of sp³-hybridized carbons (Fsp3) is 0.625. The van der Waals surface area contributed by atoms with Crippen molar-refractivity contribution in [3.63, 3.8) is 0 Å². The van der Waals surface area contributed by atoms with Crippen LogP contribution in [0.2, 0.25) is 0 Å².